The third kappa shape index (κ3) is 1.76. The third-order valence-electron chi connectivity index (χ3n) is 3.25. The van der Waals surface area contributed by atoms with E-state index >= 15 is 0 Å². The number of para-hydroxylation sites is 1. The van der Waals surface area contributed by atoms with Crippen LogP contribution in [0.3, 0.4) is 0 Å². The number of carbonyl (C=O) groups excluding carboxylic acids is 1. The van der Waals surface area contributed by atoms with E-state index in [0.29, 0.717) is 5.69 Å². The lowest BCUT2D eigenvalue weighted by Crippen LogP contribution is -2.28. The van der Waals surface area contributed by atoms with Crippen LogP contribution in [0.2, 0.25) is 0 Å². The van der Waals surface area contributed by atoms with Gasteiger partial charge in [0.25, 0.3) is 5.91 Å². The molecule has 0 unspecified atom stereocenters. The lowest BCUT2D eigenvalue weighted by Gasteiger charge is -2.14. The first-order chi connectivity index (χ1) is 8.27. The number of hydrogen-bond acceptors (Lipinski definition) is 1. The van der Waals surface area contributed by atoms with E-state index in [2.05, 4.69) is 20.9 Å². The number of nitrogens with one attached hydrogen (secondary N) is 1. The second kappa shape index (κ2) is 4.18. The molecule has 1 N–H and O–H groups in total. The smallest absolute Gasteiger partial charge is 0.271 e. The molecule has 1 aliphatic heterocycles. The van der Waals surface area contributed by atoms with E-state index in [1.54, 1.807) is 0 Å². The normalized spacial score (nSPS) is 15.7. The van der Waals surface area contributed by atoms with Gasteiger partial charge >= 0.3 is 0 Å². The van der Waals surface area contributed by atoms with Gasteiger partial charge in [0.2, 0.25) is 0 Å². The maximum Gasteiger partial charge on any atom is 0.271 e. The minimum Gasteiger partial charge on any atom is -0.350 e. The second-order valence-electron chi connectivity index (χ2n) is 4.36. The molecule has 1 amide bonds. The van der Waals surface area contributed by atoms with Crippen molar-refractivity contribution in [3.05, 3.63) is 34.4 Å². The number of hydrogen-bond donors (Lipinski definition) is 1. The summed E-state index contributed by atoms with van der Waals surface area (Å²) in [5.74, 6) is 0.102. The number of fused-ring (bicyclic) bond motifs is 1. The van der Waals surface area contributed by atoms with Gasteiger partial charge in [0, 0.05) is 24.0 Å². The fourth-order valence-corrected chi connectivity index (χ4v) is 2.95. The maximum absolute atomic E-state index is 12.3. The molecule has 1 aliphatic rings. The molecule has 0 radical (unpaired) electrons. The zero-order chi connectivity index (χ0) is 11.8. The average Bonchev–Trinajstić information content (AvgIpc) is 2.97. The molecule has 0 aliphatic carbocycles. The van der Waals surface area contributed by atoms with Gasteiger partial charge in [-0.1, -0.05) is 18.2 Å². The van der Waals surface area contributed by atoms with Crippen molar-refractivity contribution >= 4 is 32.7 Å². The minimum absolute atomic E-state index is 0.102. The molecule has 0 spiro atoms. The van der Waals surface area contributed by atoms with Crippen LogP contribution in [-0.2, 0) is 0 Å². The molecule has 0 bridgehead atoms. The molecular weight excluding hydrogens is 280 g/mol. The average molecular weight is 293 g/mol. The number of nitrogens with zero attached hydrogens (tertiary/aromatic N) is 1. The van der Waals surface area contributed by atoms with E-state index in [1.807, 2.05) is 29.2 Å². The van der Waals surface area contributed by atoms with Crippen LogP contribution in [0.25, 0.3) is 10.9 Å². The van der Waals surface area contributed by atoms with Crippen molar-refractivity contribution in [2.75, 3.05) is 13.1 Å². The lowest BCUT2D eigenvalue weighted by atomic mass is 10.2. The van der Waals surface area contributed by atoms with E-state index in [9.17, 15) is 4.79 Å². The molecule has 1 fully saturated rings. The van der Waals surface area contributed by atoms with Gasteiger partial charge in [0.05, 0.1) is 4.47 Å². The number of benzene rings is 1. The predicted octanol–water partition coefficient (Wildman–Crippen LogP) is 3.17. The zero-order valence-corrected chi connectivity index (χ0v) is 11.0. The van der Waals surface area contributed by atoms with Crippen molar-refractivity contribution in [2.45, 2.75) is 12.8 Å². The van der Waals surface area contributed by atoms with Crippen LogP contribution >= 0.6 is 15.9 Å². The van der Waals surface area contributed by atoms with E-state index in [0.717, 1.165) is 41.3 Å². The summed E-state index contributed by atoms with van der Waals surface area (Å²) in [6.45, 7) is 1.75. The summed E-state index contributed by atoms with van der Waals surface area (Å²) in [7, 11) is 0. The van der Waals surface area contributed by atoms with Crippen LogP contribution in [0, 0.1) is 0 Å². The number of H-pyrrole nitrogens is 1. The van der Waals surface area contributed by atoms with Crippen molar-refractivity contribution in [3.8, 4) is 0 Å². The van der Waals surface area contributed by atoms with E-state index in [1.165, 1.54) is 0 Å². The topological polar surface area (TPSA) is 36.1 Å². The van der Waals surface area contributed by atoms with Crippen molar-refractivity contribution in [2.24, 2.45) is 0 Å². The van der Waals surface area contributed by atoms with Gasteiger partial charge in [-0.05, 0) is 34.8 Å². The Labute approximate surface area is 108 Å². The molecule has 0 saturated carbocycles. The number of carbonyl (C=O) groups is 1. The maximum atomic E-state index is 12.3. The van der Waals surface area contributed by atoms with Crippen LogP contribution in [0.1, 0.15) is 23.3 Å². The number of aromatic amines is 1. The lowest BCUT2D eigenvalue weighted by molar-refractivity contribution is 0.0787. The number of aromatic nitrogens is 1. The Morgan fingerprint density at radius 2 is 1.94 bits per heavy atom. The monoisotopic (exact) mass is 292 g/mol. The van der Waals surface area contributed by atoms with Gasteiger partial charge in [0.1, 0.15) is 5.69 Å². The molecule has 3 nitrogen and oxygen atoms in total. The highest BCUT2D eigenvalue weighted by Gasteiger charge is 2.23. The molecular formula is C13H13BrN2O. The molecule has 2 heterocycles. The van der Waals surface area contributed by atoms with Crippen molar-refractivity contribution in [1.29, 1.82) is 0 Å². The summed E-state index contributed by atoms with van der Waals surface area (Å²) in [5.41, 5.74) is 1.68. The first-order valence-corrected chi connectivity index (χ1v) is 6.62. The van der Waals surface area contributed by atoms with Crippen LogP contribution in [-0.4, -0.2) is 28.9 Å². The number of halogens is 1. The van der Waals surface area contributed by atoms with Gasteiger partial charge in [-0.2, -0.15) is 0 Å². The Bertz CT molecular complexity index is 570. The zero-order valence-electron chi connectivity index (χ0n) is 9.37. The van der Waals surface area contributed by atoms with Crippen LogP contribution in [0.15, 0.2) is 28.7 Å². The molecule has 0 atom stereocenters. The van der Waals surface area contributed by atoms with Crippen LogP contribution < -0.4 is 0 Å². The summed E-state index contributed by atoms with van der Waals surface area (Å²) in [5, 5.41) is 1.06. The molecule has 1 saturated heterocycles. The second-order valence-corrected chi connectivity index (χ2v) is 5.15. The standard InChI is InChI=1S/C13H13BrN2O/c14-11-9-5-1-2-6-10(9)15-12(11)13(17)16-7-3-4-8-16/h1-2,5-6,15H,3-4,7-8H2. The number of likely N-dealkylation sites (tertiary alicyclic amines) is 1. The summed E-state index contributed by atoms with van der Waals surface area (Å²) < 4.78 is 0.880. The Morgan fingerprint density at radius 3 is 2.65 bits per heavy atom. The molecule has 2 aromatic rings. The van der Waals surface area contributed by atoms with Gasteiger partial charge < -0.3 is 9.88 Å². The molecule has 88 valence electrons. The fourth-order valence-electron chi connectivity index (χ4n) is 2.33. The summed E-state index contributed by atoms with van der Waals surface area (Å²) in [6.07, 6.45) is 2.23. The Hall–Kier alpha value is -1.29. The highest BCUT2D eigenvalue weighted by molar-refractivity contribution is 9.10. The highest BCUT2D eigenvalue weighted by atomic mass is 79.9. The van der Waals surface area contributed by atoms with Gasteiger partial charge in [-0.15, -0.1) is 0 Å². The van der Waals surface area contributed by atoms with Gasteiger partial charge in [0.15, 0.2) is 0 Å². The van der Waals surface area contributed by atoms with Crippen molar-refractivity contribution in [3.63, 3.8) is 0 Å². The van der Waals surface area contributed by atoms with Gasteiger partial charge in [-0.3, -0.25) is 4.79 Å². The van der Waals surface area contributed by atoms with E-state index < -0.39 is 0 Å². The van der Waals surface area contributed by atoms with Crippen molar-refractivity contribution in [1.82, 2.24) is 9.88 Å². The summed E-state index contributed by atoms with van der Waals surface area (Å²) >= 11 is 3.52. The Morgan fingerprint density at radius 1 is 1.24 bits per heavy atom. The first kappa shape index (κ1) is 10.8. The SMILES string of the molecule is O=C(c1[nH]c2ccccc2c1Br)N1CCCC1. The Kier molecular flexibility index (Phi) is 2.67. The Balaban J connectivity index is 2.05. The largest absolute Gasteiger partial charge is 0.350 e. The minimum atomic E-state index is 0.102. The predicted molar refractivity (Wildman–Crippen MR) is 71.1 cm³/mol. The van der Waals surface area contributed by atoms with E-state index in [-0.39, 0.29) is 5.91 Å². The number of rotatable bonds is 1. The fraction of sp³-hybridized carbons (Fsp3) is 0.308. The quantitative estimate of drug-likeness (QED) is 0.861. The highest BCUT2D eigenvalue weighted by Crippen LogP contribution is 2.29. The molecule has 1 aromatic heterocycles. The van der Waals surface area contributed by atoms with Crippen LogP contribution in [0.4, 0.5) is 0 Å². The molecule has 1 aromatic carbocycles. The summed E-state index contributed by atoms with van der Waals surface area (Å²) in [4.78, 5) is 17.4. The van der Waals surface area contributed by atoms with Crippen molar-refractivity contribution < 1.29 is 4.79 Å². The van der Waals surface area contributed by atoms with Crippen LogP contribution in [0.5, 0.6) is 0 Å². The van der Waals surface area contributed by atoms with E-state index in [4.69, 9.17) is 0 Å². The first-order valence-electron chi connectivity index (χ1n) is 5.83. The van der Waals surface area contributed by atoms with Gasteiger partial charge in [-0.25, -0.2) is 0 Å². The summed E-state index contributed by atoms with van der Waals surface area (Å²) in [6, 6.07) is 7.94. The third-order valence-corrected chi connectivity index (χ3v) is 4.07. The molecule has 17 heavy (non-hydrogen) atoms. The number of amides is 1. The molecule has 3 rings (SSSR count). The molecule has 4 heteroatoms.